The average molecular weight is 397 g/mol. The second kappa shape index (κ2) is 8.13. The largest absolute Gasteiger partial charge is 0.475 e. The molecule has 0 saturated heterocycles. The molecule has 0 spiro atoms. The monoisotopic (exact) mass is 397 g/mol. The highest BCUT2D eigenvalue weighted by Gasteiger charge is 2.11. The van der Waals surface area contributed by atoms with Crippen LogP contribution in [-0.2, 0) is 11.2 Å². The van der Waals surface area contributed by atoms with Crippen LogP contribution in [0.3, 0.4) is 0 Å². The normalized spacial score (nSPS) is 10.9. The third-order valence-corrected chi connectivity index (χ3v) is 4.81. The van der Waals surface area contributed by atoms with Crippen molar-refractivity contribution in [3.63, 3.8) is 0 Å². The van der Waals surface area contributed by atoms with E-state index in [4.69, 9.17) is 4.74 Å². The third-order valence-electron chi connectivity index (χ3n) is 3.93. The number of thiophene rings is 1. The summed E-state index contributed by atoms with van der Waals surface area (Å²) < 4.78 is 20.3. The number of benzene rings is 1. The predicted octanol–water partition coefficient (Wildman–Crippen LogP) is 2.73. The van der Waals surface area contributed by atoms with Crippen LogP contribution in [0.15, 0.2) is 53.9 Å². The van der Waals surface area contributed by atoms with Gasteiger partial charge < -0.3 is 10.1 Å². The van der Waals surface area contributed by atoms with E-state index in [-0.39, 0.29) is 18.3 Å². The van der Waals surface area contributed by atoms with Gasteiger partial charge in [0.25, 0.3) is 0 Å². The molecule has 9 heteroatoms. The molecule has 7 nitrogen and oxygen atoms in total. The number of aromatic nitrogens is 4. The number of fused-ring (bicyclic) bond motifs is 1. The molecule has 1 amide bonds. The van der Waals surface area contributed by atoms with Gasteiger partial charge in [-0.25, -0.2) is 4.39 Å². The van der Waals surface area contributed by atoms with Crippen molar-refractivity contribution in [2.45, 2.75) is 6.42 Å². The molecule has 0 fully saturated rings. The van der Waals surface area contributed by atoms with E-state index in [9.17, 15) is 9.18 Å². The Hall–Kier alpha value is -3.33. The Kier molecular flexibility index (Phi) is 5.24. The van der Waals surface area contributed by atoms with Crippen molar-refractivity contribution < 1.29 is 13.9 Å². The minimum absolute atomic E-state index is 0.0492. The maximum atomic E-state index is 13.1. The second-order valence-corrected chi connectivity index (χ2v) is 6.96. The molecular weight excluding hydrogens is 381 g/mol. The lowest BCUT2D eigenvalue weighted by atomic mass is 10.2. The molecule has 1 N–H and O–H groups in total. The van der Waals surface area contributed by atoms with Gasteiger partial charge in [-0.3, -0.25) is 4.79 Å². The fourth-order valence-electron chi connectivity index (χ4n) is 2.61. The molecule has 0 bridgehead atoms. The minimum atomic E-state index is -0.323. The van der Waals surface area contributed by atoms with Crippen LogP contribution < -0.4 is 10.1 Å². The molecule has 0 atom stereocenters. The Labute approximate surface area is 163 Å². The minimum Gasteiger partial charge on any atom is -0.475 e. The number of amides is 1. The van der Waals surface area contributed by atoms with Gasteiger partial charge in [-0.15, -0.1) is 26.6 Å². The first-order valence-corrected chi connectivity index (χ1v) is 9.47. The summed E-state index contributed by atoms with van der Waals surface area (Å²) in [5.74, 6) is 0.496. The molecule has 1 aromatic carbocycles. The first-order valence-electron chi connectivity index (χ1n) is 8.59. The lowest BCUT2D eigenvalue weighted by molar-refractivity contribution is -0.120. The molecule has 0 aliphatic carbocycles. The quantitative estimate of drug-likeness (QED) is 0.485. The maximum Gasteiger partial charge on any atom is 0.231 e. The van der Waals surface area contributed by atoms with Crippen LogP contribution in [-0.4, -0.2) is 38.9 Å². The van der Waals surface area contributed by atoms with Crippen LogP contribution in [0.1, 0.15) is 4.88 Å². The van der Waals surface area contributed by atoms with Crippen molar-refractivity contribution in [3.8, 4) is 17.3 Å². The molecule has 4 rings (SSSR count). The fraction of sp³-hybridized carbons (Fsp3) is 0.158. The van der Waals surface area contributed by atoms with Crippen molar-refractivity contribution in [1.29, 1.82) is 0 Å². The van der Waals surface area contributed by atoms with Crippen LogP contribution in [0, 0.1) is 5.82 Å². The first-order chi connectivity index (χ1) is 13.7. The van der Waals surface area contributed by atoms with Gasteiger partial charge in [-0.1, -0.05) is 6.07 Å². The molecule has 3 heterocycles. The Bertz CT molecular complexity index is 1080. The SMILES string of the molecule is O=C(Cc1cccs1)NCCOc1ccc2nnc(-c3ccc(F)cc3)n2n1. The Morgan fingerprint density at radius 3 is 2.79 bits per heavy atom. The van der Waals surface area contributed by atoms with Gasteiger partial charge in [0, 0.05) is 16.5 Å². The van der Waals surface area contributed by atoms with Crippen LogP contribution in [0.4, 0.5) is 4.39 Å². The maximum absolute atomic E-state index is 13.1. The van der Waals surface area contributed by atoms with Gasteiger partial charge in [0.1, 0.15) is 12.4 Å². The zero-order valence-corrected chi connectivity index (χ0v) is 15.5. The van der Waals surface area contributed by atoms with Crippen LogP contribution in [0.5, 0.6) is 5.88 Å². The number of carbonyl (C=O) groups is 1. The summed E-state index contributed by atoms with van der Waals surface area (Å²) in [7, 11) is 0. The summed E-state index contributed by atoms with van der Waals surface area (Å²) >= 11 is 1.55. The van der Waals surface area contributed by atoms with E-state index in [0.717, 1.165) is 4.88 Å². The summed E-state index contributed by atoms with van der Waals surface area (Å²) in [6, 6.07) is 13.2. The number of halogens is 1. The standard InChI is InChI=1S/C19H16FN5O2S/c20-14-5-3-13(4-6-14)19-23-22-16-7-8-18(24-25(16)19)27-10-9-21-17(26)12-15-2-1-11-28-15/h1-8,11H,9-10,12H2,(H,21,26). The van der Waals surface area contributed by atoms with Gasteiger partial charge >= 0.3 is 0 Å². The van der Waals surface area contributed by atoms with E-state index < -0.39 is 0 Å². The first kappa shape index (κ1) is 18.1. The Morgan fingerprint density at radius 2 is 2.00 bits per heavy atom. The molecule has 3 aromatic heterocycles. The smallest absolute Gasteiger partial charge is 0.231 e. The number of nitrogens with one attached hydrogen (secondary N) is 1. The highest BCUT2D eigenvalue weighted by atomic mass is 32.1. The van der Waals surface area contributed by atoms with E-state index in [0.29, 0.717) is 35.9 Å². The summed E-state index contributed by atoms with van der Waals surface area (Å²) in [5, 5.41) is 17.3. The summed E-state index contributed by atoms with van der Waals surface area (Å²) in [4.78, 5) is 12.9. The van der Waals surface area contributed by atoms with Crippen molar-refractivity contribution in [1.82, 2.24) is 25.1 Å². The summed E-state index contributed by atoms with van der Waals surface area (Å²) in [6.45, 7) is 0.652. The van der Waals surface area contributed by atoms with E-state index in [2.05, 4.69) is 20.6 Å². The number of hydrogen-bond donors (Lipinski definition) is 1. The van der Waals surface area contributed by atoms with Gasteiger partial charge in [0.15, 0.2) is 11.5 Å². The predicted molar refractivity (Wildman–Crippen MR) is 103 cm³/mol. The molecule has 0 aliphatic rings. The summed E-state index contributed by atoms with van der Waals surface area (Å²) in [5.41, 5.74) is 1.25. The van der Waals surface area contributed by atoms with Crippen molar-refractivity contribution in [2.24, 2.45) is 0 Å². The van der Waals surface area contributed by atoms with Gasteiger partial charge in [0.05, 0.1) is 13.0 Å². The number of ether oxygens (including phenoxy) is 1. The number of hydrogen-bond acceptors (Lipinski definition) is 6. The zero-order valence-electron chi connectivity index (χ0n) is 14.7. The van der Waals surface area contributed by atoms with Crippen LogP contribution >= 0.6 is 11.3 Å². The van der Waals surface area contributed by atoms with Crippen molar-refractivity contribution in [3.05, 3.63) is 64.6 Å². The average Bonchev–Trinajstić information content (AvgIpc) is 3.35. The Balaban J connectivity index is 1.37. The second-order valence-electron chi connectivity index (χ2n) is 5.93. The van der Waals surface area contributed by atoms with E-state index in [1.54, 1.807) is 35.6 Å². The molecule has 0 aliphatic heterocycles. The third kappa shape index (κ3) is 4.15. The van der Waals surface area contributed by atoms with Crippen molar-refractivity contribution in [2.75, 3.05) is 13.2 Å². The molecule has 0 unspecified atom stereocenters. The highest BCUT2D eigenvalue weighted by Crippen LogP contribution is 2.19. The molecule has 142 valence electrons. The molecular formula is C19H16FN5O2S. The van der Waals surface area contributed by atoms with Crippen LogP contribution in [0.25, 0.3) is 17.0 Å². The lowest BCUT2D eigenvalue weighted by Gasteiger charge is -2.07. The van der Waals surface area contributed by atoms with Crippen molar-refractivity contribution >= 4 is 22.9 Å². The van der Waals surface area contributed by atoms with Crippen LogP contribution in [0.2, 0.25) is 0 Å². The molecule has 0 radical (unpaired) electrons. The van der Waals surface area contributed by atoms with Gasteiger partial charge in [-0.2, -0.15) is 4.52 Å². The molecule has 28 heavy (non-hydrogen) atoms. The highest BCUT2D eigenvalue weighted by molar-refractivity contribution is 7.10. The van der Waals surface area contributed by atoms with E-state index >= 15 is 0 Å². The van der Waals surface area contributed by atoms with Gasteiger partial charge in [-0.05, 0) is 41.8 Å². The van der Waals surface area contributed by atoms with Gasteiger partial charge in [0.2, 0.25) is 11.8 Å². The number of rotatable bonds is 7. The topological polar surface area (TPSA) is 81.4 Å². The zero-order chi connectivity index (χ0) is 19.3. The number of carbonyl (C=O) groups excluding carboxylic acids is 1. The lowest BCUT2D eigenvalue weighted by Crippen LogP contribution is -2.29. The summed E-state index contributed by atoms with van der Waals surface area (Å²) in [6.07, 6.45) is 0.365. The Morgan fingerprint density at radius 1 is 1.14 bits per heavy atom. The van der Waals surface area contributed by atoms with E-state index in [1.807, 2.05) is 17.5 Å². The van der Waals surface area contributed by atoms with E-state index in [1.165, 1.54) is 16.6 Å². The fourth-order valence-corrected chi connectivity index (χ4v) is 3.31. The molecule has 4 aromatic rings. The number of nitrogens with zero attached hydrogens (tertiary/aromatic N) is 4. The molecule has 0 saturated carbocycles.